The number of amides is 1. The first kappa shape index (κ1) is 12.1. The Balaban J connectivity index is 2.04. The Labute approximate surface area is 106 Å². The van der Waals surface area contributed by atoms with Crippen molar-refractivity contribution in [2.24, 2.45) is 5.92 Å². The molecule has 4 heteroatoms. The average Bonchev–Trinajstić information content (AvgIpc) is 2.69. The van der Waals surface area contributed by atoms with E-state index in [1.807, 2.05) is 24.8 Å². The lowest BCUT2D eigenvalue weighted by Crippen LogP contribution is -2.37. The van der Waals surface area contributed by atoms with Crippen molar-refractivity contribution in [3.05, 3.63) is 21.4 Å². The van der Waals surface area contributed by atoms with Gasteiger partial charge in [-0.3, -0.25) is 4.79 Å². The highest BCUT2D eigenvalue weighted by atomic mass is 32.1. The van der Waals surface area contributed by atoms with Crippen LogP contribution in [0, 0.1) is 31.1 Å². The van der Waals surface area contributed by atoms with Gasteiger partial charge in [0.05, 0.1) is 10.9 Å². The summed E-state index contributed by atoms with van der Waals surface area (Å²) in [6.45, 7) is 5.50. The lowest BCUT2D eigenvalue weighted by atomic mass is 9.98. The van der Waals surface area contributed by atoms with Crippen molar-refractivity contribution < 1.29 is 4.79 Å². The highest BCUT2D eigenvalue weighted by molar-refractivity contribution is 7.14. The molecule has 3 nitrogen and oxygen atoms in total. The van der Waals surface area contributed by atoms with Crippen LogP contribution >= 0.6 is 11.3 Å². The third-order valence-electron chi connectivity index (χ3n) is 3.34. The van der Waals surface area contributed by atoms with Crippen molar-refractivity contribution in [2.75, 3.05) is 13.1 Å². The smallest absolute Gasteiger partial charge is 0.263 e. The number of hydrogen-bond donors (Lipinski definition) is 0. The Morgan fingerprint density at radius 3 is 2.59 bits per heavy atom. The SMILES string of the molecule is Cc1cc(C(=O)N2CCC(C#N)CC2)sc1C. The summed E-state index contributed by atoms with van der Waals surface area (Å²) < 4.78 is 0. The van der Waals surface area contributed by atoms with E-state index < -0.39 is 0 Å². The minimum absolute atomic E-state index is 0.127. The Kier molecular flexibility index (Phi) is 3.49. The number of carbonyl (C=O) groups excluding carboxylic acids is 1. The molecule has 1 saturated heterocycles. The maximum Gasteiger partial charge on any atom is 0.263 e. The topological polar surface area (TPSA) is 44.1 Å². The molecule has 0 aromatic carbocycles. The first-order valence-corrected chi connectivity index (χ1v) is 6.69. The number of nitrogens with zero attached hydrogens (tertiary/aromatic N) is 2. The predicted molar refractivity (Wildman–Crippen MR) is 68.0 cm³/mol. The molecule has 2 heterocycles. The van der Waals surface area contributed by atoms with Gasteiger partial charge in [0.25, 0.3) is 5.91 Å². The highest BCUT2D eigenvalue weighted by Crippen LogP contribution is 2.24. The van der Waals surface area contributed by atoms with Gasteiger partial charge in [-0.25, -0.2) is 0 Å². The van der Waals surface area contributed by atoms with Crippen molar-refractivity contribution in [3.63, 3.8) is 0 Å². The van der Waals surface area contributed by atoms with Gasteiger partial charge in [0, 0.05) is 23.9 Å². The molecule has 0 N–H and O–H groups in total. The quantitative estimate of drug-likeness (QED) is 0.767. The summed E-state index contributed by atoms with van der Waals surface area (Å²) in [6, 6.07) is 4.25. The fourth-order valence-electron chi connectivity index (χ4n) is 2.05. The number of aryl methyl sites for hydroxylation is 2. The second kappa shape index (κ2) is 4.89. The monoisotopic (exact) mass is 248 g/mol. The number of thiophene rings is 1. The van der Waals surface area contributed by atoms with Crippen molar-refractivity contribution in [1.82, 2.24) is 4.90 Å². The lowest BCUT2D eigenvalue weighted by molar-refractivity contribution is 0.0712. The molecule has 90 valence electrons. The van der Waals surface area contributed by atoms with Crippen LogP contribution in [0.4, 0.5) is 0 Å². The van der Waals surface area contributed by atoms with Gasteiger partial charge in [-0.05, 0) is 38.3 Å². The van der Waals surface area contributed by atoms with Gasteiger partial charge in [0.2, 0.25) is 0 Å². The van der Waals surface area contributed by atoms with E-state index in [4.69, 9.17) is 5.26 Å². The molecule has 1 aromatic rings. The van der Waals surface area contributed by atoms with Crippen LogP contribution in [0.3, 0.4) is 0 Å². The predicted octanol–water partition coefficient (Wildman–Crippen LogP) is 2.74. The Morgan fingerprint density at radius 1 is 1.47 bits per heavy atom. The summed E-state index contributed by atoms with van der Waals surface area (Å²) in [7, 11) is 0. The fourth-order valence-corrected chi connectivity index (χ4v) is 3.05. The zero-order valence-electron chi connectivity index (χ0n) is 10.2. The zero-order valence-corrected chi connectivity index (χ0v) is 11.0. The molecule has 0 atom stereocenters. The molecule has 0 unspecified atom stereocenters. The van der Waals surface area contributed by atoms with E-state index in [1.54, 1.807) is 11.3 Å². The molecule has 2 rings (SSSR count). The standard InChI is InChI=1S/C13H16N2OS/c1-9-7-12(17-10(9)2)13(16)15-5-3-11(8-14)4-6-15/h7,11H,3-6H2,1-2H3. The summed E-state index contributed by atoms with van der Waals surface area (Å²) in [4.78, 5) is 16.1. The third-order valence-corrected chi connectivity index (χ3v) is 4.48. The maximum absolute atomic E-state index is 12.2. The minimum Gasteiger partial charge on any atom is -0.338 e. The van der Waals surface area contributed by atoms with Crippen molar-refractivity contribution in [1.29, 1.82) is 5.26 Å². The molecule has 0 radical (unpaired) electrons. The molecule has 0 aliphatic carbocycles. The fraction of sp³-hybridized carbons (Fsp3) is 0.538. The second-order valence-corrected chi connectivity index (χ2v) is 5.80. The van der Waals surface area contributed by atoms with Crippen LogP contribution in [0.2, 0.25) is 0 Å². The number of carbonyl (C=O) groups is 1. The van der Waals surface area contributed by atoms with E-state index in [2.05, 4.69) is 6.07 Å². The van der Waals surface area contributed by atoms with Crippen molar-refractivity contribution >= 4 is 17.2 Å². The molecule has 1 amide bonds. The highest BCUT2D eigenvalue weighted by Gasteiger charge is 2.24. The molecule has 0 bridgehead atoms. The molecule has 1 aliphatic rings. The lowest BCUT2D eigenvalue weighted by Gasteiger charge is -2.28. The molecule has 0 spiro atoms. The van der Waals surface area contributed by atoms with E-state index >= 15 is 0 Å². The molecule has 0 saturated carbocycles. The number of nitriles is 1. The summed E-state index contributed by atoms with van der Waals surface area (Å²) in [5, 5.41) is 8.82. The van der Waals surface area contributed by atoms with Crippen LogP contribution in [-0.4, -0.2) is 23.9 Å². The van der Waals surface area contributed by atoms with Crippen LogP contribution in [0.5, 0.6) is 0 Å². The molecule has 1 fully saturated rings. The Bertz CT molecular complexity index is 445. The summed E-state index contributed by atoms with van der Waals surface area (Å²) in [5.41, 5.74) is 1.19. The van der Waals surface area contributed by atoms with E-state index in [9.17, 15) is 4.79 Å². The normalized spacial score (nSPS) is 16.9. The van der Waals surface area contributed by atoms with Gasteiger partial charge in [-0.15, -0.1) is 11.3 Å². The summed E-state index contributed by atoms with van der Waals surface area (Å²) >= 11 is 1.57. The van der Waals surface area contributed by atoms with Crippen LogP contribution < -0.4 is 0 Å². The first-order chi connectivity index (χ1) is 8.11. The number of piperidine rings is 1. The van der Waals surface area contributed by atoms with Crippen LogP contribution in [0.25, 0.3) is 0 Å². The van der Waals surface area contributed by atoms with Crippen molar-refractivity contribution in [2.45, 2.75) is 26.7 Å². The van der Waals surface area contributed by atoms with Gasteiger partial charge < -0.3 is 4.90 Å². The van der Waals surface area contributed by atoms with E-state index in [0.29, 0.717) is 13.1 Å². The summed E-state index contributed by atoms with van der Waals surface area (Å²) in [5.74, 6) is 0.258. The number of rotatable bonds is 1. The van der Waals surface area contributed by atoms with Gasteiger partial charge in [-0.1, -0.05) is 0 Å². The second-order valence-electron chi connectivity index (χ2n) is 4.55. The van der Waals surface area contributed by atoms with Crippen molar-refractivity contribution in [3.8, 4) is 6.07 Å². The molecule has 17 heavy (non-hydrogen) atoms. The van der Waals surface area contributed by atoms with Gasteiger partial charge in [0.1, 0.15) is 0 Å². The van der Waals surface area contributed by atoms with Crippen LogP contribution in [0.1, 0.15) is 33.0 Å². The molecular formula is C13H16N2OS. The average molecular weight is 248 g/mol. The number of hydrogen-bond acceptors (Lipinski definition) is 3. The van der Waals surface area contributed by atoms with Gasteiger partial charge in [0.15, 0.2) is 0 Å². The molecule has 1 aromatic heterocycles. The largest absolute Gasteiger partial charge is 0.338 e. The summed E-state index contributed by atoms with van der Waals surface area (Å²) in [6.07, 6.45) is 1.62. The number of likely N-dealkylation sites (tertiary alicyclic amines) is 1. The van der Waals surface area contributed by atoms with E-state index in [0.717, 1.165) is 17.7 Å². The van der Waals surface area contributed by atoms with Crippen LogP contribution in [-0.2, 0) is 0 Å². The Morgan fingerprint density at radius 2 is 2.12 bits per heavy atom. The maximum atomic E-state index is 12.2. The third kappa shape index (κ3) is 2.50. The van der Waals surface area contributed by atoms with Crippen LogP contribution in [0.15, 0.2) is 6.07 Å². The van der Waals surface area contributed by atoms with E-state index in [-0.39, 0.29) is 11.8 Å². The molecular weight excluding hydrogens is 232 g/mol. The van der Waals surface area contributed by atoms with Gasteiger partial charge in [-0.2, -0.15) is 5.26 Å². The van der Waals surface area contributed by atoms with Gasteiger partial charge >= 0.3 is 0 Å². The Hall–Kier alpha value is -1.34. The zero-order chi connectivity index (χ0) is 12.4. The minimum atomic E-state index is 0.127. The first-order valence-electron chi connectivity index (χ1n) is 5.87. The molecule has 1 aliphatic heterocycles. The van der Waals surface area contributed by atoms with E-state index in [1.165, 1.54) is 10.4 Å².